The highest BCUT2D eigenvalue weighted by Crippen LogP contribution is 2.32. The Morgan fingerprint density at radius 2 is 2.21 bits per heavy atom. The largest absolute Gasteiger partial charge is 0.298 e. The number of pyridine rings is 1. The van der Waals surface area contributed by atoms with Crippen LogP contribution in [0, 0.1) is 0 Å². The quantitative estimate of drug-likeness (QED) is 0.743. The van der Waals surface area contributed by atoms with E-state index in [0.29, 0.717) is 11.0 Å². The lowest BCUT2D eigenvalue weighted by atomic mass is 10.1. The highest BCUT2D eigenvalue weighted by atomic mass is 32.2. The smallest absolute Gasteiger partial charge is 0.146 e. The van der Waals surface area contributed by atoms with Crippen molar-refractivity contribution in [2.24, 2.45) is 0 Å². The standard InChI is InChI=1S/C11H13NOS/c1-8-11(13)7-10(14-8)6-9-2-4-12-5-3-9/h2-5,8,10H,6-7H2,1H3. The van der Waals surface area contributed by atoms with Crippen LogP contribution in [-0.4, -0.2) is 21.3 Å². The summed E-state index contributed by atoms with van der Waals surface area (Å²) in [5.74, 6) is 0.397. The molecule has 0 amide bonds. The molecule has 1 aliphatic rings. The Labute approximate surface area is 88.1 Å². The molecule has 2 nitrogen and oxygen atoms in total. The lowest BCUT2D eigenvalue weighted by Crippen LogP contribution is -2.05. The van der Waals surface area contributed by atoms with Crippen LogP contribution in [0.5, 0.6) is 0 Å². The van der Waals surface area contributed by atoms with Crippen LogP contribution in [0.3, 0.4) is 0 Å². The number of hydrogen-bond donors (Lipinski definition) is 0. The van der Waals surface area contributed by atoms with Crippen LogP contribution in [0.15, 0.2) is 24.5 Å². The summed E-state index contributed by atoms with van der Waals surface area (Å²) in [5.41, 5.74) is 1.28. The summed E-state index contributed by atoms with van der Waals surface area (Å²) >= 11 is 1.80. The van der Waals surface area contributed by atoms with Gasteiger partial charge in [0, 0.05) is 24.1 Å². The second kappa shape index (κ2) is 4.13. The molecule has 1 aliphatic heterocycles. The van der Waals surface area contributed by atoms with Crippen molar-refractivity contribution < 1.29 is 4.79 Å². The topological polar surface area (TPSA) is 30.0 Å². The normalized spacial score (nSPS) is 26.8. The lowest BCUT2D eigenvalue weighted by molar-refractivity contribution is -0.117. The Hall–Kier alpha value is -0.830. The zero-order valence-corrected chi connectivity index (χ0v) is 8.96. The molecular formula is C11H13NOS. The van der Waals surface area contributed by atoms with Crippen molar-refractivity contribution in [3.63, 3.8) is 0 Å². The molecule has 2 rings (SSSR count). The van der Waals surface area contributed by atoms with E-state index in [9.17, 15) is 4.79 Å². The predicted molar refractivity (Wildman–Crippen MR) is 58.4 cm³/mol. The number of carbonyl (C=O) groups is 1. The Bertz CT molecular complexity index is 325. The number of nitrogens with zero attached hydrogens (tertiary/aromatic N) is 1. The van der Waals surface area contributed by atoms with E-state index in [4.69, 9.17) is 0 Å². The molecule has 0 aliphatic carbocycles. The van der Waals surface area contributed by atoms with Crippen LogP contribution in [0.2, 0.25) is 0 Å². The molecule has 2 heterocycles. The fourth-order valence-corrected chi connectivity index (χ4v) is 3.08. The van der Waals surface area contributed by atoms with Crippen molar-refractivity contribution in [3.8, 4) is 0 Å². The number of carbonyl (C=O) groups excluding carboxylic acids is 1. The summed E-state index contributed by atoms with van der Waals surface area (Å²) in [5, 5.41) is 0.668. The molecule has 1 aromatic rings. The second-order valence-corrected chi connectivity index (χ2v) is 5.28. The monoisotopic (exact) mass is 207 g/mol. The van der Waals surface area contributed by atoms with Gasteiger partial charge in [-0.25, -0.2) is 0 Å². The van der Waals surface area contributed by atoms with Crippen LogP contribution in [0.4, 0.5) is 0 Å². The number of ketones is 1. The van der Waals surface area contributed by atoms with E-state index in [1.54, 1.807) is 24.2 Å². The molecule has 2 unspecified atom stereocenters. The van der Waals surface area contributed by atoms with Gasteiger partial charge in [-0.1, -0.05) is 0 Å². The molecule has 0 spiro atoms. The zero-order chi connectivity index (χ0) is 9.97. The number of thioether (sulfide) groups is 1. The number of Topliss-reactive ketones (excluding diaryl/α,β-unsaturated/α-hetero) is 1. The first-order valence-electron chi connectivity index (χ1n) is 4.83. The third-order valence-electron chi connectivity index (χ3n) is 2.49. The lowest BCUT2D eigenvalue weighted by Gasteiger charge is -2.07. The molecule has 2 atom stereocenters. The summed E-state index contributed by atoms with van der Waals surface area (Å²) in [6, 6.07) is 4.04. The van der Waals surface area contributed by atoms with Gasteiger partial charge in [-0.2, -0.15) is 0 Å². The Kier molecular flexibility index (Phi) is 2.87. The van der Waals surface area contributed by atoms with Gasteiger partial charge in [0.25, 0.3) is 0 Å². The van der Waals surface area contributed by atoms with Crippen molar-refractivity contribution in [1.29, 1.82) is 0 Å². The summed E-state index contributed by atoms with van der Waals surface area (Å²) in [6.07, 6.45) is 5.33. The first kappa shape index (κ1) is 9.71. The van der Waals surface area contributed by atoms with Gasteiger partial charge < -0.3 is 0 Å². The molecule has 0 aromatic carbocycles. The van der Waals surface area contributed by atoms with Crippen LogP contribution >= 0.6 is 11.8 Å². The predicted octanol–water partition coefficient (Wildman–Crippen LogP) is 2.09. The summed E-state index contributed by atoms with van der Waals surface area (Å²) in [6.45, 7) is 2.00. The van der Waals surface area contributed by atoms with E-state index in [0.717, 1.165) is 12.8 Å². The minimum absolute atomic E-state index is 0.196. The minimum atomic E-state index is 0.196. The van der Waals surface area contributed by atoms with Crippen LogP contribution in [0.1, 0.15) is 18.9 Å². The van der Waals surface area contributed by atoms with Crippen molar-refractivity contribution in [2.45, 2.75) is 30.3 Å². The molecule has 1 fully saturated rings. The van der Waals surface area contributed by atoms with E-state index in [1.807, 2.05) is 19.1 Å². The molecule has 14 heavy (non-hydrogen) atoms. The molecule has 0 saturated carbocycles. The van der Waals surface area contributed by atoms with Gasteiger partial charge in [-0.05, 0) is 31.0 Å². The van der Waals surface area contributed by atoms with Gasteiger partial charge in [0.1, 0.15) is 5.78 Å². The van der Waals surface area contributed by atoms with Gasteiger partial charge in [0.15, 0.2) is 0 Å². The second-order valence-electron chi connectivity index (χ2n) is 3.63. The fraction of sp³-hybridized carbons (Fsp3) is 0.455. The van der Waals surface area contributed by atoms with Gasteiger partial charge in [-0.15, -0.1) is 11.8 Å². The van der Waals surface area contributed by atoms with E-state index < -0.39 is 0 Å². The first-order valence-corrected chi connectivity index (χ1v) is 5.77. The molecule has 1 aromatic heterocycles. The van der Waals surface area contributed by atoms with Crippen LogP contribution in [0.25, 0.3) is 0 Å². The maximum Gasteiger partial charge on any atom is 0.146 e. The van der Waals surface area contributed by atoms with Crippen LogP contribution < -0.4 is 0 Å². The van der Waals surface area contributed by atoms with Gasteiger partial charge in [0.05, 0.1) is 5.25 Å². The van der Waals surface area contributed by atoms with E-state index >= 15 is 0 Å². The Morgan fingerprint density at radius 1 is 1.50 bits per heavy atom. The summed E-state index contributed by atoms with van der Waals surface area (Å²) < 4.78 is 0. The number of aromatic nitrogens is 1. The number of rotatable bonds is 2. The third kappa shape index (κ3) is 2.15. The first-order chi connectivity index (χ1) is 6.75. The maximum absolute atomic E-state index is 11.3. The van der Waals surface area contributed by atoms with Gasteiger partial charge >= 0.3 is 0 Å². The average molecular weight is 207 g/mol. The Balaban J connectivity index is 1.97. The summed E-state index contributed by atoms with van der Waals surface area (Å²) in [7, 11) is 0. The summed E-state index contributed by atoms with van der Waals surface area (Å²) in [4.78, 5) is 15.3. The highest BCUT2D eigenvalue weighted by Gasteiger charge is 2.29. The minimum Gasteiger partial charge on any atom is -0.298 e. The SMILES string of the molecule is CC1SC(Cc2ccncc2)CC1=O. The third-order valence-corrected chi connectivity index (χ3v) is 3.88. The van der Waals surface area contributed by atoms with E-state index in [1.165, 1.54) is 5.56 Å². The van der Waals surface area contributed by atoms with Crippen molar-refractivity contribution in [1.82, 2.24) is 4.98 Å². The molecule has 0 N–H and O–H groups in total. The fourth-order valence-electron chi connectivity index (χ4n) is 1.71. The van der Waals surface area contributed by atoms with Crippen molar-refractivity contribution in [2.75, 3.05) is 0 Å². The molecule has 0 radical (unpaired) electrons. The van der Waals surface area contributed by atoms with E-state index in [2.05, 4.69) is 4.98 Å². The maximum atomic E-state index is 11.3. The zero-order valence-electron chi connectivity index (χ0n) is 8.14. The van der Waals surface area contributed by atoms with E-state index in [-0.39, 0.29) is 5.25 Å². The highest BCUT2D eigenvalue weighted by molar-refractivity contribution is 8.01. The molecule has 74 valence electrons. The van der Waals surface area contributed by atoms with Crippen LogP contribution in [-0.2, 0) is 11.2 Å². The number of hydrogen-bond acceptors (Lipinski definition) is 3. The Morgan fingerprint density at radius 3 is 2.79 bits per heavy atom. The van der Waals surface area contributed by atoms with Gasteiger partial charge in [-0.3, -0.25) is 9.78 Å². The van der Waals surface area contributed by atoms with Gasteiger partial charge in [0.2, 0.25) is 0 Å². The van der Waals surface area contributed by atoms with Crippen molar-refractivity contribution >= 4 is 17.5 Å². The molecule has 0 bridgehead atoms. The molecule has 1 saturated heterocycles. The molecular weight excluding hydrogens is 194 g/mol. The van der Waals surface area contributed by atoms with Crippen molar-refractivity contribution in [3.05, 3.63) is 30.1 Å². The molecule has 3 heteroatoms. The average Bonchev–Trinajstić information content (AvgIpc) is 2.47.